The number of carbonyl (C=O) groups is 3. The number of likely N-dealkylation sites (tertiary alicyclic amines) is 1. The molecule has 1 heterocycles. The summed E-state index contributed by atoms with van der Waals surface area (Å²) in [5.41, 5.74) is 1.28. The molecular weight excluding hydrogens is 320 g/mol. The summed E-state index contributed by atoms with van der Waals surface area (Å²) in [5, 5.41) is 7.84. The van der Waals surface area contributed by atoms with Crippen LogP contribution in [0, 0.1) is 0 Å². The van der Waals surface area contributed by atoms with Gasteiger partial charge in [0.1, 0.15) is 0 Å². The molecule has 0 aromatic heterocycles. The van der Waals surface area contributed by atoms with Gasteiger partial charge in [-0.3, -0.25) is 19.3 Å². The van der Waals surface area contributed by atoms with Crippen molar-refractivity contribution in [3.8, 4) is 0 Å². The maximum Gasteiger partial charge on any atom is 0.309 e. The number of nitrogens with zero attached hydrogens (tertiary/aromatic N) is 1. The molecule has 1 aliphatic rings. The van der Waals surface area contributed by atoms with Crippen LogP contribution in [0.2, 0.25) is 0 Å². The van der Waals surface area contributed by atoms with E-state index in [1.807, 2.05) is 18.2 Å². The van der Waals surface area contributed by atoms with Gasteiger partial charge in [0.2, 0.25) is 5.91 Å². The van der Waals surface area contributed by atoms with Crippen molar-refractivity contribution in [3.63, 3.8) is 0 Å². The molecule has 1 aromatic carbocycles. The van der Waals surface area contributed by atoms with Gasteiger partial charge < -0.3 is 16.0 Å². The Balaban J connectivity index is 1.64. The molecule has 0 radical (unpaired) electrons. The number of amides is 3. The van der Waals surface area contributed by atoms with Crippen molar-refractivity contribution >= 4 is 17.7 Å². The molecule has 2 rings (SSSR count). The minimum absolute atomic E-state index is 0.0283. The Bertz CT molecular complexity index is 583. The summed E-state index contributed by atoms with van der Waals surface area (Å²) >= 11 is 0. The molecule has 0 bridgehead atoms. The topological polar surface area (TPSA) is 90.5 Å². The van der Waals surface area contributed by atoms with E-state index in [4.69, 9.17) is 0 Å². The van der Waals surface area contributed by atoms with Crippen LogP contribution in [0.25, 0.3) is 0 Å². The molecule has 25 heavy (non-hydrogen) atoms. The second kappa shape index (κ2) is 9.78. The third kappa shape index (κ3) is 6.93. The molecule has 0 aliphatic carbocycles. The molecule has 0 spiro atoms. The molecule has 0 atom stereocenters. The molecule has 1 aromatic rings. The zero-order valence-corrected chi connectivity index (χ0v) is 14.6. The second-order valence-electron chi connectivity index (χ2n) is 6.25. The van der Waals surface area contributed by atoms with Gasteiger partial charge in [-0.1, -0.05) is 30.3 Å². The van der Waals surface area contributed by atoms with Gasteiger partial charge in [-0.15, -0.1) is 0 Å². The smallest absolute Gasteiger partial charge is 0.309 e. The summed E-state index contributed by atoms with van der Waals surface area (Å²) in [6.07, 6.45) is 1.66. The first-order valence-electron chi connectivity index (χ1n) is 8.64. The highest BCUT2D eigenvalue weighted by molar-refractivity contribution is 6.35. The van der Waals surface area contributed by atoms with Crippen molar-refractivity contribution in [2.75, 3.05) is 26.2 Å². The van der Waals surface area contributed by atoms with Crippen molar-refractivity contribution in [1.82, 2.24) is 20.9 Å². The van der Waals surface area contributed by atoms with Crippen molar-refractivity contribution in [3.05, 3.63) is 35.9 Å². The Kier molecular flexibility index (Phi) is 7.40. The van der Waals surface area contributed by atoms with E-state index < -0.39 is 11.8 Å². The average Bonchev–Trinajstić information content (AvgIpc) is 2.61. The van der Waals surface area contributed by atoms with Gasteiger partial charge in [-0.25, -0.2) is 0 Å². The lowest BCUT2D eigenvalue weighted by atomic mass is 10.0. The number of rotatable bonds is 6. The number of piperidine rings is 1. The van der Waals surface area contributed by atoms with Crippen LogP contribution < -0.4 is 16.0 Å². The Hall–Kier alpha value is -2.41. The standard InChI is InChI=1S/C18H26N4O3/c1-14(23)19-9-10-20-17(24)18(25)21-16-7-11-22(12-8-16)13-15-5-3-2-4-6-15/h2-6,16H,7-13H2,1H3,(H,19,23)(H,20,24)(H,21,25). The Morgan fingerprint density at radius 1 is 1.00 bits per heavy atom. The normalized spacial score (nSPS) is 15.4. The van der Waals surface area contributed by atoms with E-state index in [-0.39, 0.29) is 18.5 Å². The van der Waals surface area contributed by atoms with E-state index in [2.05, 4.69) is 33.0 Å². The van der Waals surface area contributed by atoms with Gasteiger partial charge >= 0.3 is 11.8 Å². The summed E-state index contributed by atoms with van der Waals surface area (Å²) in [6, 6.07) is 10.3. The number of carbonyl (C=O) groups excluding carboxylic acids is 3. The van der Waals surface area contributed by atoms with Gasteiger partial charge in [0.25, 0.3) is 0 Å². The highest BCUT2D eigenvalue weighted by Crippen LogP contribution is 2.13. The highest BCUT2D eigenvalue weighted by atomic mass is 16.2. The van der Waals surface area contributed by atoms with Gasteiger partial charge in [0.05, 0.1) is 0 Å². The molecule has 0 unspecified atom stereocenters. The number of hydrogen-bond donors (Lipinski definition) is 3. The third-order valence-electron chi connectivity index (χ3n) is 4.16. The number of benzene rings is 1. The summed E-state index contributed by atoms with van der Waals surface area (Å²) in [4.78, 5) is 36.7. The monoisotopic (exact) mass is 346 g/mol. The summed E-state index contributed by atoms with van der Waals surface area (Å²) in [6.45, 7) is 4.64. The highest BCUT2D eigenvalue weighted by Gasteiger charge is 2.23. The van der Waals surface area contributed by atoms with Crippen molar-refractivity contribution in [1.29, 1.82) is 0 Å². The number of nitrogens with one attached hydrogen (secondary N) is 3. The predicted octanol–water partition coefficient (Wildman–Crippen LogP) is 0.0195. The minimum Gasteiger partial charge on any atom is -0.355 e. The predicted molar refractivity (Wildman–Crippen MR) is 94.6 cm³/mol. The van der Waals surface area contributed by atoms with Gasteiger partial charge in [0.15, 0.2) is 0 Å². The average molecular weight is 346 g/mol. The Labute approximate surface area is 148 Å². The van der Waals surface area contributed by atoms with E-state index in [1.165, 1.54) is 12.5 Å². The van der Waals surface area contributed by atoms with Crippen LogP contribution in [0.15, 0.2) is 30.3 Å². The van der Waals surface area contributed by atoms with Crippen LogP contribution in [0.3, 0.4) is 0 Å². The fourth-order valence-corrected chi connectivity index (χ4v) is 2.82. The van der Waals surface area contributed by atoms with Crippen molar-refractivity contribution in [2.45, 2.75) is 32.4 Å². The Morgan fingerprint density at radius 2 is 1.64 bits per heavy atom. The van der Waals surface area contributed by atoms with Crippen molar-refractivity contribution < 1.29 is 14.4 Å². The summed E-state index contributed by atoms with van der Waals surface area (Å²) < 4.78 is 0. The Morgan fingerprint density at radius 3 is 2.28 bits per heavy atom. The van der Waals surface area contributed by atoms with Gasteiger partial charge in [-0.2, -0.15) is 0 Å². The van der Waals surface area contributed by atoms with Crippen LogP contribution in [-0.2, 0) is 20.9 Å². The largest absolute Gasteiger partial charge is 0.355 e. The molecule has 1 fully saturated rings. The van der Waals surface area contributed by atoms with Gasteiger partial charge in [0, 0.05) is 45.7 Å². The summed E-state index contributed by atoms with van der Waals surface area (Å²) in [5.74, 6) is -1.43. The van der Waals surface area contributed by atoms with Crippen LogP contribution >= 0.6 is 0 Å². The fourth-order valence-electron chi connectivity index (χ4n) is 2.82. The second-order valence-corrected chi connectivity index (χ2v) is 6.25. The minimum atomic E-state index is -0.655. The molecule has 3 N–H and O–H groups in total. The molecule has 3 amide bonds. The van der Waals surface area contributed by atoms with Gasteiger partial charge in [-0.05, 0) is 18.4 Å². The SMILES string of the molecule is CC(=O)NCCNC(=O)C(=O)NC1CCN(Cc2ccccc2)CC1. The molecule has 1 aliphatic heterocycles. The first-order chi connectivity index (χ1) is 12.0. The van der Waals surface area contributed by atoms with Crippen LogP contribution in [0.4, 0.5) is 0 Å². The fraction of sp³-hybridized carbons (Fsp3) is 0.500. The van der Waals surface area contributed by atoms with E-state index in [1.54, 1.807) is 0 Å². The maximum atomic E-state index is 11.9. The number of hydrogen-bond acceptors (Lipinski definition) is 4. The van der Waals surface area contributed by atoms with Crippen LogP contribution in [0.1, 0.15) is 25.3 Å². The lowest BCUT2D eigenvalue weighted by Crippen LogP contribution is -2.49. The van der Waals surface area contributed by atoms with Crippen LogP contribution in [-0.4, -0.2) is 54.8 Å². The molecule has 136 valence electrons. The quantitative estimate of drug-likeness (QED) is 0.500. The molecule has 1 saturated heterocycles. The van der Waals surface area contributed by atoms with E-state index in [9.17, 15) is 14.4 Å². The molecule has 7 nitrogen and oxygen atoms in total. The first kappa shape index (κ1) is 18.9. The zero-order chi connectivity index (χ0) is 18.1. The van der Waals surface area contributed by atoms with Crippen molar-refractivity contribution in [2.24, 2.45) is 0 Å². The molecular formula is C18H26N4O3. The zero-order valence-electron chi connectivity index (χ0n) is 14.6. The first-order valence-corrected chi connectivity index (χ1v) is 8.64. The molecule has 0 saturated carbocycles. The van der Waals surface area contributed by atoms with E-state index >= 15 is 0 Å². The lowest BCUT2D eigenvalue weighted by molar-refractivity contribution is -0.139. The maximum absolute atomic E-state index is 11.9. The van der Waals surface area contributed by atoms with E-state index in [0.29, 0.717) is 6.54 Å². The summed E-state index contributed by atoms with van der Waals surface area (Å²) in [7, 11) is 0. The lowest BCUT2D eigenvalue weighted by Gasteiger charge is -2.32. The molecule has 7 heteroatoms. The third-order valence-corrected chi connectivity index (χ3v) is 4.16. The van der Waals surface area contributed by atoms with E-state index in [0.717, 1.165) is 32.5 Å². The van der Waals surface area contributed by atoms with Crippen LogP contribution in [0.5, 0.6) is 0 Å².